The van der Waals surface area contributed by atoms with Crippen molar-refractivity contribution in [1.82, 2.24) is 0 Å². The van der Waals surface area contributed by atoms with Crippen molar-refractivity contribution in [2.24, 2.45) is 0 Å². The minimum atomic E-state index is -0.570. The fourth-order valence-corrected chi connectivity index (χ4v) is 3.73. The highest BCUT2D eigenvalue weighted by atomic mass is 35.5. The first-order valence-corrected chi connectivity index (χ1v) is 10.3. The molecule has 0 unspecified atom stereocenters. The molecule has 0 saturated carbocycles. The van der Waals surface area contributed by atoms with Crippen molar-refractivity contribution in [3.8, 4) is 5.75 Å². The molecule has 0 spiro atoms. The summed E-state index contributed by atoms with van der Waals surface area (Å²) < 4.78 is 10.7. The lowest BCUT2D eigenvalue weighted by Gasteiger charge is -2.38. The number of amides is 1. The van der Waals surface area contributed by atoms with Gasteiger partial charge in [0.05, 0.1) is 12.2 Å². The number of rotatable bonds is 6. The van der Waals surface area contributed by atoms with E-state index in [0.29, 0.717) is 27.6 Å². The minimum absolute atomic E-state index is 0.165. The Bertz CT molecular complexity index is 1120. The van der Waals surface area contributed by atoms with Crippen molar-refractivity contribution in [2.45, 2.75) is 13.1 Å². The van der Waals surface area contributed by atoms with Crippen molar-refractivity contribution in [1.29, 1.82) is 0 Å². The van der Waals surface area contributed by atoms with E-state index in [1.54, 1.807) is 42.2 Å². The van der Waals surface area contributed by atoms with Gasteiger partial charge in [-0.05, 0) is 43.3 Å². The second-order valence-electron chi connectivity index (χ2n) is 6.88. The van der Waals surface area contributed by atoms with Gasteiger partial charge in [0.25, 0.3) is 5.91 Å². The van der Waals surface area contributed by atoms with E-state index in [-0.39, 0.29) is 19.1 Å². The smallest absolute Gasteiger partial charge is 0.344 e. The molecule has 1 aliphatic rings. The van der Waals surface area contributed by atoms with Gasteiger partial charge in [0.15, 0.2) is 6.61 Å². The summed E-state index contributed by atoms with van der Waals surface area (Å²) in [5.41, 5.74) is 2.62. The van der Waals surface area contributed by atoms with Gasteiger partial charge < -0.3 is 14.8 Å². The van der Waals surface area contributed by atoms with E-state index >= 15 is 0 Å². The van der Waals surface area contributed by atoms with E-state index in [2.05, 4.69) is 5.32 Å². The van der Waals surface area contributed by atoms with E-state index in [1.807, 2.05) is 42.5 Å². The van der Waals surface area contributed by atoms with E-state index in [1.165, 1.54) is 0 Å². The zero-order valence-electron chi connectivity index (χ0n) is 16.9. The number of esters is 1. The van der Waals surface area contributed by atoms with Gasteiger partial charge in [-0.25, -0.2) is 4.79 Å². The molecule has 0 fully saturated rings. The van der Waals surface area contributed by atoms with Crippen LogP contribution in [0.4, 0.5) is 11.4 Å². The first kappa shape index (κ1) is 20.8. The molecule has 3 aromatic rings. The summed E-state index contributed by atoms with van der Waals surface area (Å²) in [5.74, 6) is -0.142. The largest absolute Gasteiger partial charge is 0.481 e. The molecule has 0 aromatic heterocycles. The molecule has 0 aliphatic carbocycles. The average Bonchev–Trinajstić information content (AvgIpc) is 2.78. The lowest BCUT2D eigenvalue weighted by Crippen LogP contribution is -2.43. The normalized spacial score (nSPS) is 15.1. The molecule has 0 saturated heterocycles. The number of anilines is 2. The summed E-state index contributed by atoms with van der Waals surface area (Å²) in [7, 11) is 0. The second kappa shape index (κ2) is 9.10. The van der Waals surface area contributed by atoms with Crippen LogP contribution in [-0.4, -0.2) is 25.1 Å². The second-order valence-corrected chi connectivity index (χ2v) is 7.32. The Kier molecular flexibility index (Phi) is 6.09. The number of fused-ring (bicyclic) bond motifs is 1. The third-order valence-corrected chi connectivity index (χ3v) is 5.11. The fourth-order valence-electron chi connectivity index (χ4n) is 3.54. The number of hydrogen-bond acceptors (Lipinski definition) is 5. The number of halogens is 1. The summed E-state index contributed by atoms with van der Waals surface area (Å²) in [6.07, 6.45) is -0.570. The van der Waals surface area contributed by atoms with E-state index in [9.17, 15) is 9.59 Å². The van der Waals surface area contributed by atoms with Crippen LogP contribution in [0.25, 0.3) is 0 Å². The minimum Gasteiger partial charge on any atom is -0.481 e. The maximum Gasteiger partial charge on any atom is 0.344 e. The topological polar surface area (TPSA) is 67.9 Å². The first-order valence-electron chi connectivity index (χ1n) is 9.90. The number of hydrogen-bond donors (Lipinski definition) is 1. The molecule has 1 amide bonds. The average molecular weight is 437 g/mol. The zero-order valence-corrected chi connectivity index (χ0v) is 17.6. The maximum absolute atomic E-state index is 13.5. The zero-order chi connectivity index (χ0) is 21.8. The molecule has 4 rings (SSSR count). The summed E-state index contributed by atoms with van der Waals surface area (Å²) in [6, 6.07) is 21.7. The number of benzene rings is 3. The molecular weight excluding hydrogens is 416 g/mol. The fraction of sp³-hybridized carbons (Fsp3) is 0.167. The lowest BCUT2D eigenvalue weighted by atomic mass is 10.0. The van der Waals surface area contributed by atoms with Gasteiger partial charge in [-0.3, -0.25) is 9.69 Å². The van der Waals surface area contributed by atoms with Crippen LogP contribution in [0.5, 0.6) is 5.75 Å². The van der Waals surface area contributed by atoms with Gasteiger partial charge in [0.2, 0.25) is 0 Å². The van der Waals surface area contributed by atoms with Gasteiger partial charge in [-0.1, -0.05) is 48.0 Å². The number of nitrogens with zero attached hydrogens (tertiary/aromatic N) is 1. The Morgan fingerprint density at radius 3 is 2.65 bits per heavy atom. The first-order chi connectivity index (χ1) is 15.1. The van der Waals surface area contributed by atoms with Crippen molar-refractivity contribution < 1.29 is 19.1 Å². The van der Waals surface area contributed by atoms with Crippen LogP contribution in [0.3, 0.4) is 0 Å². The van der Waals surface area contributed by atoms with Crippen LogP contribution in [0.1, 0.15) is 29.0 Å². The Hall–Kier alpha value is -3.51. The van der Waals surface area contributed by atoms with Crippen molar-refractivity contribution in [2.75, 3.05) is 23.4 Å². The SMILES string of the molecule is CCOC(=O)COc1ccccc1[C@H]1Nc2ccccc2C(=O)N1c1cccc(Cl)c1. The van der Waals surface area contributed by atoms with E-state index in [0.717, 1.165) is 5.69 Å². The van der Waals surface area contributed by atoms with Crippen molar-refractivity contribution in [3.63, 3.8) is 0 Å². The van der Waals surface area contributed by atoms with Crippen LogP contribution < -0.4 is 15.0 Å². The van der Waals surface area contributed by atoms with Gasteiger partial charge in [0, 0.05) is 22.0 Å². The Labute approximate surface area is 185 Å². The third-order valence-electron chi connectivity index (χ3n) is 4.88. The standard InChI is InChI=1S/C24H21ClN2O4/c1-2-30-22(28)15-31-21-13-6-4-11-19(21)23-26-20-12-5-3-10-18(20)24(29)27(23)17-9-7-8-16(25)14-17/h3-14,23,26H,2,15H2,1H3/t23-/m0/s1. The molecule has 1 heterocycles. The maximum atomic E-state index is 13.5. The number of carbonyl (C=O) groups excluding carboxylic acids is 2. The molecule has 1 N–H and O–H groups in total. The van der Waals surface area contributed by atoms with Crippen LogP contribution in [-0.2, 0) is 9.53 Å². The van der Waals surface area contributed by atoms with Crippen LogP contribution >= 0.6 is 11.6 Å². The summed E-state index contributed by atoms with van der Waals surface area (Å²) in [6.45, 7) is 1.80. The number of carbonyl (C=O) groups is 2. The van der Waals surface area contributed by atoms with Crippen molar-refractivity contribution >= 4 is 34.9 Å². The summed E-state index contributed by atoms with van der Waals surface area (Å²) in [4.78, 5) is 26.9. The molecular formula is C24H21ClN2O4. The predicted octanol–water partition coefficient (Wildman–Crippen LogP) is 5.05. The van der Waals surface area contributed by atoms with Gasteiger partial charge in [-0.15, -0.1) is 0 Å². The van der Waals surface area contributed by atoms with Crippen LogP contribution in [0, 0.1) is 0 Å². The Balaban J connectivity index is 1.77. The predicted molar refractivity (Wildman–Crippen MR) is 120 cm³/mol. The van der Waals surface area contributed by atoms with E-state index < -0.39 is 12.1 Å². The third kappa shape index (κ3) is 4.34. The quantitative estimate of drug-likeness (QED) is 0.547. The highest BCUT2D eigenvalue weighted by Crippen LogP contribution is 2.40. The van der Waals surface area contributed by atoms with Crippen molar-refractivity contribution in [3.05, 3.63) is 88.9 Å². The van der Waals surface area contributed by atoms with Crippen LogP contribution in [0.15, 0.2) is 72.8 Å². The number of nitrogens with one attached hydrogen (secondary N) is 1. The monoisotopic (exact) mass is 436 g/mol. The van der Waals surface area contributed by atoms with Gasteiger partial charge in [-0.2, -0.15) is 0 Å². The molecule has 31 heavy (non-hydrogen) atoms. The molecule has 1 aliphatic heterocycles. The molecule has 7 heteroatoms. The van der Waals surface area contributed by atoms with Gasteiger partial charge in [0.1, 0.15) is 11.9 Å². The molecule has 0 bridgehead atoms. The van der Waals surface area contributed by atoms with E-state index in [4.69, 9.17) is 21.1 Å². The molecule has 3 aromatic carbocycles. The number of ether oxygens (including phenoxy) is 2. The van der Waals surface area contributed by atoms with Crippen LogP contribution in [0.2, 0.25) is 5.02 Å². The Morgan fingerprint density at radius 2 is 1.84 bits per heavy atom. The number of para-hydroxylation sites is 2. The lowest BCUT2D eigenvalue weighted by molar-refractivity contribution is -0.145. The Morgan fingerprint density at radius 1 is 1.06 bits per heavy atom. The molecule has 0 radical (unpaired) electrons. The molecule has 6 nitrogen and oxygen atoms in total. The molecule has 1 atom stereocenters. The summed E-state index contributed by atoms with van der Waals surface area (Å²) in [5, 5.41) is 3.95. The highest BCUT2D eigenvalue weighted by molar-refractivity contribution is 6.31. The van der Waals surface area contributed by atoms with Gasteiger partial charge >= 0.3 is 5.97 Å². The molecule has 158 valence electrons. The summed E-state index contributed by atoms with van der Waals surface area (Å²) >= 11 is 6.22. The highest BCUT2D eigenvalue weighted by Gasteiger charge is 2.35.